The summed E-state index contributed by atoms with van der Waals surface area (Å²) < 4.78 is 24.8. The second kappa shape index (κ2) is 12.2. The molecule has 1 aliphatic heterocycles. The Labute approximate surface area is 206 Å². The van der Waals surface area contributed by atoms with Crippen LogP contribution in [0.4, 0.5) is 9.18 Å². The Kier molecular flexibility index (Phi) is 8.57. The van der Waals surface area contributed by atoms with Crippen molar-refractivity contribution in [3.63, 3.8) is 0 Å². The number of methoxy groups -OCH3 is 1. The van der Waals surface area contributed by atoms with E-state index >= 15 is 0 Å². The van der Waals surface area contributed by atoms with Crippen molar-refractivity contribution in [2.24, 2.45) is 0 Å². The number of carbonyl (C=O) groups is 1. The lowest BCUT2D eigenvalue weighted by Gasteiger charge is -2.35. The first kappa shape index (κ1) is 24.5. The number of benzene rings is 3. The Morgan fingerprint density at radius 2 is 1.69 bits per heavy atom. The molecule has 0 bridgehead atoms. The minimum absolute atomic E-state index is 0.127. The Hall–Kier alpha value is -3.58. The van der Waals surface area contributed by atoms with Gasteiger partial charge in [0.25, 0.3) is 0 Å². The monoisotopic (exact) mass is 477 g/mol. The summed E-state index contributed by atoms with van der Waals surface area (Å²) in [6.45, 7) is 2.96. The maximum atomic E-state index is 13.4. The lowest BCUT2D eigenvalue weighted by molar-refractivity contribution is 0.154. The molecule has 3 aromatic rings. The maximum absolute atomic E-state index is 13.4. The molecule has 0 atom stereocenters. The molecular weight excluding hydrogens is 445 g/mol. The number of hydrogen-bond donors (Lipinski definition) is 2. The Morgan fingerprint density at radius 3 is 2.40 bits per heavy atom. The second-order valence-corrected chi connectivity index (χ2v) is 8.65. The van der Waals surface area contributed by atoms with Crippen LogP contribution in [0.1, 0.15) is 29.5 Å². The number of ether oxygens (including phenoxy) is 2. The highest BCUT2D eigenvalue weighted by molar-refractivity contribution is 5.74. The SMILES string of the molecule is COc1ccc(CNC(=O)N(Cc2ccc(F)cc2)C2CCNCC2)cc1OCc1ccccc1. The van der Waals surface area contributed by atoms with Crippen LogP contribution in [-0.4, -0.2) is 37.2 Å². The number of nitrogens with zero attached hydrogens (tertiary/aromatic N) is 1. The van der Waals surface area contributed by atoms with Crippen LogP contribution in [-0.2, 0) is 19.7 Å². The van der Waals surface area contributed by atoms with Crippen molar-refractivity contribution in [3.05, 3.63) is 95.3 Å². The standard InChI is InChI=1S/C28H32FN3O3/c1-34-26-12-9-23(17-27(26)35-20-22-5-3-2-4-6-22)18-31-28(33)32(25-13-15-30-16-14-25)19-21-7-10-24(29)11-8-21/h2-12,17,25,30H,13-16,18-20H2,1H3,(H,31,33). The van der Waals surface area contributed by atoms with Gasteiger partial charge in [-0.05, 0) is 66.9 Å². The molecule has 6 nitrogen and oxygen atoms in total. The number of piperidine rings is 1. The quantitative estimate of drug-likeness (QED) is 0.461. The van der Waals surface area contributed by atoms with Gasteiger partial charge in [-0.25, -0.2) is 9.18 Å². The van der Waals surface area contributed by atoms with E-state index in [2.05, 4.69) is 10.6 Å². The number of carbonyl (C=O) groups excluding carboxylic acids is 1. The predicted molar refractivity (Wildman–Crippen MR) is 134 cm³/mol. The van der Waals surface area contributed by atoms with E-state index in [4.69, 9.17) is 9.47 Å². The van der Waals surface area contributed by atoms with Crippen molar-refractivity contribution in [2.75, 3.05) is 20.2 Å². The molecule has 184 valence electrons. The van der Waals surface area contributed by atoms with Crippen molar-refractivity contribution in [1.82, 2.24) is 15.5 Å². The maximum Gasteiger partial charge on any atom is 0.318 e. The number of hydrogen-bond acceptors (Lipinski definition) is 4. The van der Waals surface area contributed by atoms with Crippen LogP contribution in [0.3, 0.4) is 0 Å². The summed E-state index contributed by atoms with van der Waals surface area (Å²) in [5.74, 6) is 0.990. The lowest BCUT2D eigenvalue weighted by atomic mass is 10.0. The van der Waals surface area contributed by atoms with Crippen LogP contribution in [0.15, 0.2) is 72.8 Å². The average molecular weight is 478 g/mol. The molecule has 0 aromatic heterocycles. The zero-order valence-electron chi connectivity index (χ0n) is 20.0. The van der Waals surface area contributed by atoms with Gasteiger partial charge >= 0.3 is 6.03 Å². The number of amides is 2. The number of nitrogens with one attached hydrogen (secondary N) is 2. The van der Waals surface area contributed by atoms with Crippen LogP contribution >= 0.6 is 0 Å². The van der Waals surface area contributed by atoms with Crippen LogP contribution in [0.2, 0.25) is 0 Å². The van der Waals surface area contributed by atoms with E-state index < -0.39 is 0 Å². The van der Waals surface area contributed by atoms with Gasteiger partial charge < -0.3 is 25.0 Å². The van der Waals surface area contributed by atoms with E-state index in [9.17, 15) is 9.18 Å². The molecule has 2 N–H and O–H groups in total. The average Bonchev–Trinajstić information content (AvgIpc) is 2.91. The molecule has 7 heteroatoms. The molecule has 0 unspecified atom stereocenters. The van der Waals surface area contributed by atoms with Gasteiger partial charge in [-0.2, -0.15) is 0 Å². The molecule has 35 heavy (non-hydrogen) atoms. The fourth-order valence-corrected chi connectivity index (χ4v) is 4.23. The van der Waals surface area contributed by atoms with Crippen molar-refractivity contribution >= 4 is 6.03 Å². The molecular formula is C28H32FN3O3. The summed E-state index contributed by atoms with van der Waals surface area (Å²) in [4.78, 5) is 15.1. The molecule has 0 aliphatic carbocycles. The fraction of sp³-hybridized carbons (Fsp3) is 0.321. The zero-order valence-corrected chi connectivity index (χ0v) is 20.0. The summed E-state index contributed by atoms with van der Waals surface area (Å²) in [6.07, 6.45) is 1.77. The largest absolute Gasteiger partial charge is 0.493 e. The van der Waals surface area contributed by atoms with Gasteiger partial charge in [0.1, 0.15) is 12.4 Å². The van der Waals surface area contributed by atoms with E-state index in [0.717, 1.165) is 42.6 Å². The summed E-state index contributed by atoms with van der Waals surface area (Å²) in [6, 6.07) is 21.9. The Morgan fingerprint density at radius 1 is 0.971 bits per heavy atom. The highest BCUT2D eigenvalue weighted by atomic mass is 19.1. The molecule has 2 amide bonds. The third-order valence-corrected chi connectivity index (χ3v) is 6.19. The molecule has 1 saturated heterocycles. The molecule has 1 fully saturated rings. The lowest BCUT2D eigenvalue weighted by Crippen LogP contribution is -2.49. The van der Waals surface area contributed by atoms with Crippen LogP contribution in [0, 0.1) is 5.82 Å². The van der Waals surface area contributed by atoms with Crippen LogP contribution in [0.25, 0.3) is 0 Å². The minimum Gasteiger partial charge on any atom is -0.493 e. The van der Waals surface area contributed by atoms with Gasteiger partial charge in [0.2, 0.25) is 0 Å². The van der Waals surface area contributed by atoms with E-state index in [1.54, 1.807) is 19.2 Å². The van der Waals surface area contributed by atoms with Gasteiger partial charge in [0.05, 0.1) is 7.11 Å². The van der Waals surface area contributed by atoms with Crippen molar-refractivity contribution < 1.29 is 18.7 Å². The Balaban J connectivity index is 1.42. The molecule has 1 heterocycles. The van der Waals surface area contributed by atoms with Crippen LogP contribution in [0.5, 0.6) is 11.5 Å². The molecule has 1 aliphatic rings. The molecule has 0 radical (unpaired) electrons. The summed E-state index contributed by atoms with van der Waals surface area (Å²) in [5, 5.41) is 6.41. The van der Waals surface area contributed by atoms with Gasteiger partial charge in [-0.3, -0.25) is 0 Å². The first-order valence-corrected chi connectivity index (χ1v) is 12.0. The molecule has 3 aromatic carbocycles. The third kappa shape index (κ3) is 6.96. The van der Waals surface area contributed by atoms with E-state index in [1.165, 1.54) is 12.1 Å². The smallest absolute Gasteiger partial charge is 0.318 e. The normalized spacial score (nSPS) is 13.8. The highest BCUT2D eigenvalue weighted by Crippen LogP contribution is 2.29. The van der Waals surface area contributed by atoms with Gasteiger partial charge in [-0.1, -0.05) is 48.5 Å². The van der Waals surface area contributed by atoms with E-state index in [-0.39, 0.29) is 17.9 Å². The van der Waals surface area contributed by atoms with Gasteiger partial charge in [0, 0.05) is 19.1 Å². The summed E-state index contributed by atoms with van der Waals surface area (Å²) in [5.41, 5.74) is 2.88. The molecule has 0 saturated carbocycles. The first-order chi connectivity index (χ1) is 17.1. The van der Waals surface area contributed by atoms with Gasteiger partial charge in [0.15, 0.2) is 11.5 Å². The van der Waals surface area contributed by atoms with Crippen molar-refractivity contribution in [2.45, 2.75) is 38.6 Å². The molecule has 0 spiro atoms. The number of rotatable bonds is 9. The van der Waals surface area contributed by atoms with Crippen molar-refractivity contribution in [1.29, 1.82) is 0 Å². The summed E-state index contributed by atoms with van der Waals surface area (Å²) in [7, 11) is 1.61. The number of urea groups is 1. The number of halogens is 1. The topological polar surface area (TPSA) is 62.8 Å². The van der Waals surface area contributed by atoms with Crippen molar-refractivity contribution in [3.8, 4) is 11.5 Å². The predicted octanol–water partition coefficient (Wildman–Crippen LogP) is 4.88. The zero-order chi connectivity index (χ0) is 24.5. The third-order valence-electron chi connectivity index (χ3n) is 6.19. The first-order valence-electron chi connectivity index (χ1n) is 12.0. The second-order valence-electron chi connectivity index (χ2n) is 8.65. The van der Waals surface area contributed by atoms with E-state index in [1.807, 2.05) is 53.4 Å². The minimum atomic E-state index is -0.281. The fourth-order valence-electron chi connectivity index (χ4n) is 4.23. The van der Waals surface area contributed by atoms with Crippen LogP contribution < -0.4 is 20.1 Å². The highest BCUT2D eigenvalue weighted by Gasteiger charge is 2.25. The summed E-state index contributed by atoms with van der Waals surface area (Å²) >= 11 is 0. The van der Waals surface area contributed by atoms with E-state index in [0.29, 0.717) is 31.2 Å². The van der Waals surface area contributed by atoms with Gasteiger partial charge in [-0.15, -0.1) is 0 Å². The molecule has 4 rings (SSSR count). The Bertz CT molecular complexity index is 1090.